The Labute approximate surface area is 166 Å². The van der Waals surface area contributed by atoms with Gasteiger partial charge in [0.2, 0.25) is 5.91 Å². The molecule has 0 bridgehead atoms. The number of hydrogen-bond acceptors (Lipinski definition) is 3. The van der Waals surface area contributed by atoms with Crippen molar-refractivity contribution >= 4 is 17.5 Å². The first-order chi connectivity index (χ1) is 13.7. The van der Waals surface area contributed by atoms with Crippen molar-refractivity contribution in [1.29, 1.82) is 0 Å². The number of aryl methyl sites for hydroxylation is 1. The van der Waals surface area contributed by atoms with Gasteiger partial charge in [-0.05, 0) is 31.2 Å². The molecule has 9 heteroatoms. The van der Waals surface area contributed by atoms with E-state index in [1.165, 1.54) is 0 Å². The van der Waals surface area contributed by atoms with E-state index < -0.39 is 41.5 Å². The molecule has 0 saturated carbocycles. The number of nitrogens with one attached hydrogen (secondary N) is 3. The summed E-state index contributed by atoms with van der Waals surface area (Å²) < 4.78 is 45.0. The second-order valence-electron chi connectivity index (χ2n) is 6.67. The van der Waals surface area contributed by atoms with Crippen LogP contribution in [0.3, 0.4) is 0 Å². The quantitative estimate of drug-likeness (QED) is 0.573. The first kappa shape index (κ1) is 22.2. The van der Waals surface area contributed by atoms with Crippen LogP contribution in [0.4, 0.5) is 18.9 Å². The van der Waals surface area contributed by atoms with Gasteiger partial charge in [0.1, 0.15) is 12.3 Å². The predicted molar refractivity (Wildman–Crippen MR) is 101 cm³/mol. The second-order valence-corrected chi connectivity index (χ2v) is 6.67. The minimum absolute atomic E-state index is 0.0872. The molecule has 0 aliphatic rings. The van der Waals surface area contributed by atoms with Gasteiger partial charge in [-0.2, -0.15) is 0 Å². The number of hydrogen-bond donors (Lipinski definition) is 3. The molecular formula is C20H23F3N3O3+. The van der Waals surface area contributed by atoms with Crippen LogP contribution in [-0.2, 0) is 16.1 Å². The number of amides is 2. The summed E-state index contributed by atoms with van der Waals surface area (Å²) in [5, 5.41) is 4.50. The van der Waals surface area contributed by atoms with Crippen LogP contribution < -0.4 is 20.3 Å². The van der Waals surface area contributed by atoms with Gasteiger partial charge in [0.15, 0.2) is 24.0 Å². The molecule has 0 aliphatic heterocycles. The standard InChI is InChI=1S/C20H22F3N3O3/c1-12-4-7-16(29-3)13(8-12)10-26(2)11-18(28)24-9-17(27)25-15-6-5-14(21)19(22)20(15)23/h4-8H,9-11H2,1-3H3,(H,24,28)(H,25,27)/p+1. The highest BCUT2D eigenvalue weighted by Gasteiger charge is 2.17. The number of halogens is 3. The summed E-state index contributed by atoms with van der Waals surface area (Å²) in [7, 11) is 3.39. The molecule has 6 nitrogen and oxygen atoms in total. The summed E-state index contributed by atoms with van der Waals surface area (Å²) >= 11 is 0. The van der Waals surface area contributed by atoms with Crippen molar-refractivity contribution in [2.75, 3.05) is 32.6 Å². The molecule has 1 atom stereocenters. The van der Waals surface area contributed by atoms with Crippen molar-refractivity contribution in [1.82, 2.24) is 5.32 Å². The van der Waals surface area contributed by atoms with E-state index in [9.17, 15) is 22.8 Å². The maximum atomic E-state index is 13.6. The van der Waals surface area contributed by atoms with Crippen molar-refractivity contribution in [2.45, 2.75) is 13.5 Å². The zero-order valence-electron chi connectivity index (χ0n) is 16.4. The van der Waals surface area contributed by atoms with Crippen molar-refractivity contribution in [3.63, 3.8) is 0 Å². The van der Waals surface area contributed by atoms with E-state index in [1.807, 2.05) is 32.2 Å². The lowest BCUT2D eigenvalue weighted by Gasteiger charge is -2.16. The Morgan fingerprint density at radius 2 is 1.79 bits per heavy atom. The van der Waals surface area contributed by atoms with Gasteiger partial charge in [-0.3, -0.25) is 9.59 Å². The average Bonchev–Trinajstić information content (AvgIpc) is 2.67. The number of rotatable bonds is 8. The number of anilines is 1. The summed E-state index contributed by atoms with van der Waals surface area (Å²) in [6.07, 6.45) is 0. The molecular weight excluding hydrogens is 387 g/mol. The summed E-state index contributed by atoms with van der Waals surface area (Å²) in [4.78, 5) is 24.8. The van der Waals surface area contributed by atoms with Gasteiger partial charge in [0, 0.05) is 5.56 Å². The number of ether oxygens (including phenoxy) is 1. The van der Waals surface area contributed by atoms with E-state index in [1.54, 1.807) is 7.11 Å². The van der Waals surface area contributed by atoms with E-state index in [0.29, 0.717) is 12.6 Å². The Hall–Kier alpha value is -3.07. The molecule has 2 amide bonds. The number of carbonyl (C=O) groups is 2. The van der Waals surface area contributed by atoms with Crippen LogP contribution in [0, 0.1) is 24.4 Å². The van der Waals surface area contributed by atoms with E-state index >= 15 is 0 Å². The van der Waals surface area contributed by atoms with E-state index in [4.69, 9.17) is 4.74 Å². The third-order valence-electron chi connectivity index (χ3n) is 4.15. The van der Waals surface area contributed by atoms with E-state index in [0.717, 1.165) is 27.8 Å². The monoisotopic (exact) mass is 410 g/mol. The Kier molecular flexibility index (Phi) is 7.60. The lowest BCUT2D eigenvalue weighted by atomic mass is 10.1. The smallest absolute Gasteiger partial charge is 0.275 e. The molecule has 1 unspecified atom stereocenters. The third kappa shape index (κ3) is 6.21. The van der Waals surface area contributed by atoms with Crippen molar-refractivity contribution in [3.8, 4) is 5.75 Å². The number of methoxy groups -OCH3 is 1. The first-order valence-electron chi connectivity index (χ1n) is 8.86. The van der Waals surface area contributed by atoms with Gasteiger partial charge >= 0.3 is 0 Å². The molecule has 0 aliphatic carbocycles. The maximum absolute atomic E-state index is 13.6. The van der Waals surface area contributed by atoms with Gasteiger partial charge in [0.05, 0.1) is 26.4 Å². The zero-order chi connectivity index (χ0) is 21.6. The second kappa shape index (κ2) is 9.92. The normalized spacial score (nSPS) is 11.7. The number of benzene rings is 2. The highest BCUT2D eigenvalue weighted by atomic mass is 19.2. The van der Waals surface area contributed by atoms with Gasteiger partial charge in [-0.15, -0.1) is 0 Å². The summed E-state index contributed by atoms with van der Waals surface area (Å²) in [6, 6.07) is 7.37. The van der Waals surface area contributed by atoms with Gasteiger partial charge in [0.25, 0.3) is 5.91 Å². The number of carbonyl (C=O) groups excluding carboxylic acids is 2. The van der Waals surface area contributed by atoms with Crippen LogP contribution in [0.1, 0.15) is 11.1 Å². The molecule has 29 heavy (non-hydrogen) atoms. The molecule has 3 N–H and O–H groups in total. The average molecular weight is 410 g/mol. The molecule has 0 fully saturated rings. The summed E-state index contributed by atoms with van der Waals surface area (Å²) in [6.45, 7) is 2.15. The summed E-state index contributed by atoms with van der Waals surface area (Å²) in [5.41, 5.74) is 1.51. The summed E-state index contributed by atoms with van der Waals surface area (Å²) in [5.74, 6) is -4.96. The van der Waals surface area contributed by atoms with Gasteiger partial charge < -0.3 is 20.3 Å². The Morgan fingerprint density at radius 3 is 2.48 bits per heavy atom. The maximum Gasteiger partial charge on any atom is 0.275 e. The van der Waals surface area contributed by atoms with Gasteiger partial charge in [-0.25, -0.2) is 13.2 Å². The van der Waals surface area contributed by atoms with Crippen LogP contribution in [-0.4, -0.2) is 39.1 Å². The van der Waals surface area contributed by atoms with Crippen molar-refractivity contribution in [3.05, 3.63) is 58.9 Å². The van der Waals surface area contributed by atoms with E-state index in [2.05, 4.69) is 10.6 Å². The van der Waals surface area contributed by atoms with Crippen LogP contribution in [0.25, 0.3) is 0 Å². The van der Waals surface area contributed by atoms with Crippen LogP contribution >= 0.6 is 0 Å². The number of likely N-dealkylation sites (N-methyl/N-ethyl adjacent to an activating group) is 1. The molecule has 0 saturated heterocycles. The molecule has 156 valence electrons. The predicted octanol–water partition coefficient (Wildman–Crippen LogP) is 1.19. The van der Waals surface area contributed by atoms with Crippen LogP contribution in [0.5, 0.6) is 5.75 Å². The zero-order valence-corrected chi connectivity index (χ0v) is 16.4. The Bertz CT molecular complexity index is 906. The number of quaternary nitrogens is 1. The third-order valence-corrected chi connectivity index (χ3v) is 4.15. The molecule has 2 aromatic carbocycles. The van der Waals surface area contributed by atoms with Crippen molar-refractivity contribution in [2.24, 2.45) is 0 Å². The van der Waals surface area contributed by atoms with Crippen LogP contribution in [0.2, 0.25) is 0 Å². The first-order valence-corrected chi connectivity index (χ1v) is 8.86. The molecule has 0 radical (unpaired) electrons. The minimum atomic E-state index is -1.68. The fraction of sp³-hybridized carbons (Fsp3) is 0.300. The highest BCUT2D eigenvalue weighted by Crippen LogP contribution is 2.19. The van der Waals surface area contributed by atoms with Crippen LogP contribution in [0.15, 0.2) is 30.3 Å². The fourth-order valence-corrected chi connectivity index (χ4v) is 2.77. The topological polar surface area (TPSA) is 71.9 Å². The fourth-order valence-electron chi connectivity index (χ4n) is 2.77. The molecule has 2 aromatic rings. The van der Waals surface area contributed by atoms with E-state index in [-0.39, 0.29) is 6.54 Å². The lowest BCUT2D eigenvalue weighted by molar-refractivity contribution is -0.885. The SMILES string of the molecule is COc1ccc(C)cc1C[NH+](C)CC(=O)NCC(=O)Nc1ccc(F)c(F)c1F. The molecule has 0 aromatic heterocycles. The molecule has 0 heterocycles. The van der Waals surface area contributed by atoms with Gasteiger partial charge in [-0.1, -0.05) is 11.6 Å². The molecule has 2 rings (SSSR count). The van der Waals surface area contributed by atoms with Crippen molar-refractivity contribution < 1.29 is 32.4 Å². The minimum Gasteiger partial charge on any atom is -0.496 e. The highest BCUT2D eigenvalue weighted by molar-refractivity contribution is 5.94. The Morgan fingerprint density at radius 1 is 1.07 bits per heavy atom. The molecule has 0 spiro atoms. The largest absolute Gasteiger partial charge is 0.496 e. The Balaban J connectivity index is 1.84. The lowest BCUT2D eigenvalue weighted by Crippen LogP contribution is -3.08.